The molecule has 7 nitrogen and oxygen atoms in total. The Labute approximate surface area is 200 Å². The number of likely N-dealkylation sites (tertiary alicyclic amines) is 1. The minimum absolute atomic E-state index is 0.329. The molecule has 3 atom stereocenters. The summed E-state index contributed by atoms with van der Waals surface area (Å²) >= 11 is 0. The van der Waals surface area contributed by atoms with Gasteiger partial charge in [0, 0.05) is 18.0 Å². The number of furan rings is 1. The molecule has 180 valence electrons. The summed E-state index contributed by atoms with van der Waals surface area (Å²) < 4.78 is 16.9. The highest BCUT2D eigenvalue weighted by atomic mass is 16.5. The second kappa shape index (κ2) is 10.8. The van der Waals surface area contributed by atoms with Crippen molar-refractivity contribution < 1.29 is 23.5 Å². The van der Waals surface area contributed by atoms with E-state index >= 15 is 0 Å². The summed E-state index contributed by atoms with van der Waals surface area (Å²) in [5, 5.41) is 0. The van der Waals surface area contributed by atoms with E-state index in [-0.39, 0.29) is 0 Å². The highest BCUT2D eigenvalue weighted by molar-refractivity contribution is 6.06. The van der Waals surface area contributed by atoms with E-state index in [4.69, 9.17) is 13.9 Å². The second-order valence-corrected chi connectivity index (χ2v) is 8.91. The van der Waals surface area contributed by atoms with Crippen LogP contribution < -0.4 is 0 Å². The maximum Gasteiger partial charge on any atom is 0.337 e. The minimum atomic E-state index is -0.764. The number of methoxy groups -OCH3 is 1. The Bertz CT molecular complexity index is 1050. The quantitative estimate of drug-likeness (QED) is 0.554. The van der Waals surface area contributed by atoms with Gasteiger partial charge in [-0.25, -0.2) is 4.79 Å². The van der Waals surface area contributed by atoms with Gasteiger partial charge in [-0.15, -0.1) is 0 Å². The lowest BCUT2D eigenvalue weighted by molar-refractivity contribution is -0.147. The van der Waals surface area contributed by atoms with Gasteiger partial charge in [0.25, 0.3) is 0 Å². The molecule has 1 saturated heterocycles. The molecule has 2 aliphatic rings. The van der Waals surface area contributed by atoms with E-state index in [1.54, 1.807) is 26.0 Å². The number of benzene rings is 1. The number of ether oxygens (including phenoxy) is 2. The molecule has 3 unspecified atom stereocenters. The van der Waals surface area contributed by atoms with E-state index in [1.165, 1.54) is 19.8 Å². The van der Waals surface area contributed by atoms with Crippen molar-refractivity contribution in [3.05, 3.63) is 71.3 Å². The van der Waals surface area contributed by atoms with Crippen LogP contribution in [0.4, 0.5) is 0 Å². The third-order valence-electron chi connectivity index (χ3n) is 6.65. The summed E-state index contributed by atoms with van der Waals surface area (Å²) in [7, 11) is 1.34. The van der Waals surface area contributed by atoms with Crippen LogP contribution in [0.1, 0.15) is 56.5 Å². The van der Waals surface area contributed by atoms with Gasteiger partial charge >= 0.3 is 11.9 Å². The summed E-state index contributed by atoms with van der Waals surface area (Å²) in [6, 6.07) is 13.3. The number of allylic oxidation sites excluding steroid dienone is 1. The van der Waals surface area contributed by atoms with Gasteiger partial charge in [0.05, 0.1) is 24.9 Å². The lowest BCUT2D eigenvalue weighted by Gasteiger charge is -2.33. The number of aliphatic imine (C=N–C) groups is 1. The van der Waals surface area contributed by atoms with Crippen LogP contribution in [0.5, 0.6) is 0 Å². The minimum Gasteiger partial charge on any atom is -0.469 e. The molecular formula is C27H32N2O5. The van der Waals surface area contributed by atoms with Crippen LogP contribution in [-0.2, 0) is 19.1 Å². The molecule has 0 amide bonds. The van der Waals surface area contributed by atoms with Crippen LogP contribution in [-0.4, -0.2) is 49.3 Å². The Balaban J connectivity index is 1.67. The van der Waals surface area contributed by atoms with Gasteiger partial charge in [-0.2, -0.15) is 0 Å². The number of hydrogen-bond donors (Lipinski definition) is 0. The molecule has 34 heavy (non-hydrogen) atoms. The molecule has 1 aromatic heterocycles. The largest absolute Gasteiger partial charge is 0.469 e. The molecule has 1 fully saturated rings. The summed E-state index contributed by atoms with van der Waals surface area (Å²) in [5.41, 5.74) is 2.37. The highest BCUT2D eigenvalue weighted by Crippen LogP contribution is 2.41. The highest BCUT2D eigenvalue weighted by Gasteiger charge is 2.44. The van der Waals surface area contributed by atoms with Crippen molar-refractivity contribution in [2.24, 2.45) is 10.9 Å². The maximum absolute atomic E-state index is 13.7. The lowest BCUT2D eigenvalue weighted by Crippen LogP contribution is -2.38. The van der Waals surface area contributed by atoms with Gasteiger partial charge in [-0.05, 0) is 57.5 Å². The normalized spacial score (nSPS) is 22.1. The van der Waals surface area contributed by atoms with Crippen LogP contribution in [0.15, 0.2) is 69.4 Å². The number of rotatable bonds is 7. The average Bonchev–Trinajstić information content (AvgIpc) is 3.38. The van der Waals surface area contributed by atoms with Crippen LogP contribution in [0.3, 0.4) is 0 Å². The number of piperidine rings is 1. The number of esters is 2. The molecule has 0 saturated carbocycles. The smallest absolute Gasteiger partial charge is 0.337 e. The van der Waals surface area contributed by atoms with Gasteiger partial charge in [0.1, 0.15) is 17.8 Å². The van der Waals surface area contributed by atoms with Crippen molar-refractivity contribution in [2.45, 2.75) is 45.1 Å². The SMILES string of the molecule is COC(=O)C1C(C)=NC(C)=C(C(=O)OC(CN2CCCCC2)c2ccccc2)C1c1ccco1. The Hall–Kier alpha value is -3.19. The standard InChI is InChI=1S/C27H32N2O5/c1-18-23(26(30)32-3)25(21-13-10-16-33-21)24(19(2)28-18)27(31)34-22(20-11-6-4-7-12-20)17-29-14-8-5-9-15-29/h4,6-7,10-13,16,22-23,25H,5,8-9,14-15,17H2,1-3H3. The number of nitrogens with zero attached hydrogens (tertiary/aromatic N) is 2. The van der Waals surface area contributed by atoms with Gasteiger partial charge < -0.3 is 13.9 Å². The molecule has 4 rings (SSSR count). The van der Waals surface area contributed by atoms with Gasteiger partial charge in [0.15, 0.2) is 0 Å². The van der Waals surface area contributed by atoms with E-state index in [2.05, 4.69) is 9.89 Å². The number of carbonyl (C=O) groups is 2. The molecule has 0 radical (unpaired) electrons. The zero-order valence-corrected chi connectivity index (χ0v) is 20.0. The molecule has 1 aromatic carbocycles. The Morgan fingerprint density at radius 2 is 1.82 bits per heavy atom. The van der Waals surface area contributed by atoms with Crippen LogP contribution in [0.25, 0.3) is 0 Å². The second-order valence-electron chi connectivity index (χ2n) is 8.91. The van der Waals surface area contributed by atoms with Crippen molar-refractivity contribution in [2.75, 3.05) is 26.7 Å². The van der Waals surface area contributed by atoms with Crippen LogP contribution >= 0.6 is 0 Å². The first kappa shape index (κ1) is 24.0. The molecule has 0 aliphatic carbocycles. The van der Waals surface area contributed by atoms with Crippen molar-refractivity contribution >= 4 is 17.7 Å². The Kier molecular flexibility index (Phi) is 7.63. The van der Waals surface area contributed by atoms with E-state index in [9.17, 15) is 9.59 Å². The van der Waals surface area contributed by atoms with Crippen molar-refractivity contribution in [1.29, 1.82) is 0 Å². The summed E-state index contributed by atoms with van der Waals surface area (Å²) in [6.07, 6.45) is 4.62. The van der Waals surface area contributed by atoms with Crippen molar-refractivity contribution in [3.63, 3.8) is 0 Å². The fourth-order valence-corrected chi connectivity index (χ4v) is 4.96. The van der Waals surface area contributed by atoms with Crippen molar-refractivity contribution in [3.8, 4) is 0 Å². The molecule has 2 aromatic rings. The fraction of sp³-hybridized carbons (Fsp3) is 0.444. The molecule has 0 spiro atoms. The van der Waals surface area contributed by atoms with Crippen LogP contribution in [0, 0.1) is 5.92 Å². The monoisotopic (exact) mass is 464 g/mol. The zero-order valence-electron chi connectivity index (χ0n) is 20.0. The average molecular weight is 465 g/mol. The summed E-state index contributed by atoms with van der Waals surface area (Å²) in [5.74, 6) is -1.88. The first-order valence-corrected chi connectivity index (χ1v) is 11.8. The Morgan fingerprint density at radius 1 is 1.09 bits per heavy atom. The zero-order chi connectivity index (χ0) is 24.1. The third-order valence-corrected chi connectivity index (χ3v) is 6.65. The summed E-state index contributed by atoms with van der Waals surface area (Å²) in [4.78, 5) is 33.4. The first-order chi connectivity index (χ1) is 16.5. The lowest BCUT2D eigenvalue weighted by atomic mass is 9.78. The maximum atomic E-state index is 13.7. The van der Waals surface area contributed by atoms with Gasteiger partial charge in [0.2, 0.25) is 0 Å². The van der Waals surface area contributed by atoms with Gasteiger partial charge in [-0.3, -0.25) is 14.7 Å². The molecular weight excluding hydrogens is 432 g/mol. The topological polar surface area (TPSA) is 81.3 Å². The van der Waals surface area contributed by atoms with E-state index in [1.807, 2.05) is 30.3 Å². The van der Waals surface area contributed by atoms with E-state index in [0.29, 0.717) is 29.3 Å². The first-order valence-electron chi connectivity index (χ1n) is 11.8. The summed E-state index contributed by atoms with van der Waals surface area (Å²) in [6.45, 7) is 6.14. The molecule has 0 N–H and O–H groups in total. The van der Waals surface area contributed by atoms with Crippen LogP contribution in [0.2, 0.25) is 0 Å². The predicted molar refractivity (Wildman–Crippen MR) is 128 cm³/mol. The molecule has 0 bridgehead atoms. The van der Waals surface area contributed by atoms with E-state index < -0.39 is 29.9 Å². The third kappa shape index (κ3) is 5.14. The number of hydrogen-bond acceptors (Lipinski definition) is 7. The molecule has 3 heterocycles. The van der Waals surface area contributed by atoms with Crippen molar-refractivity contribution in [1.82, 2.24) is 4.90 Å². The fourth-order valence-electron chi connectivity index (χ4n) is 4.96. The predicted octanol–water partition coefficient (Wildman–Crippen LogP) is 4.67. The van der Waals surface area contributed by atoms with Gasteiger partial charge in [-0.1, -0.05) is 36.8 Å². The Morgan fingerprint density at radius 3 is 2.47 bits per heavy atom. The number of carbonyl (C=O) groups excluding carboxylic acids is 2. The molecule has 2 aliphatic heterocycles. The van der Waals surface area contributed by atoms with E-state index in [0.717, 1.165) is 31.5 Å². The molecule has 7 heteroatoms.